The topological polar surface area (TPSA) is 45.2 Å². The van der Waals surface area contributed by atoms with Crippen molar-refractivity contribution in [2.45, 2.75) is 37.8 Å². The maximum absolute atomic E-state index is 13.2. The third-order valence-corrected chi connectivity index (χ3v) is 4.51. The molecule has 3 rings (SSSR count). The Morgan fingerprint density at radius 3 is 3.15 bits per heavy atom. The first kappa shape index (κ1) is 13.8. The molecule has 2 aliphatic rings. The van der Waals surface area contributed by atoms with Crippen molar-refractivity contribution in [3.8, 4) is 0 Å². The van der Waals surface area contributed by atoms with Crippen LogP contribution in [0.4, 0.5) is 4.39 Å². The van der Waals surface area contributed by atoms with Crippen molar-refractivity contribution in [2.24, 2.45) is 0 Å². The molecule has 4 nitrogen and oxygen atoms in total. The van der Waals surface area contributed by atoms with E-state index in [4.69, 9.17) is 11.6 Å². The highest BCUT2D eigenvalue weighted by Gasteiger charge is 2.32. The van der Waals surface area contributed by atoms with E-state index >= 15 is 0 Å². The average Bonchev–Trinajstić information content (AvgIpc) is 2.89. The second-order valence-electron chi connectivity index (χ2n) is 5.52. The molecule has 1 N–H and O–H groups in total. The summed E-state index contributed by atoms with van der Waals surface area (Å²) in [4.78, 5) is 18.3. The van der Waals surface area contributed by atoms with E-state index in [2.05, 4.69) is 15.2 Å². The fraction of sp³-hybridized carbons (Fsp3) is 0.571. The van der Waals surface area contributed by atoms with Gasteiger partial charge in [-0.2, -0.15) is 0 Å². The molecule has 6 heteroatoms. The minimum Gasteiger partial charge on any atom is -0.349 e. The summed E-state index contributed by atoms with van der Waals surface area (Å²) in [7, 11) is 0. The van der Waals surface area contributed by atoms with Gasteiger partial charge in [0.05, 0.1) is 11.8 Å². The molecular weight excluding hydrogens is 281 g/mol. The van der Waals surface area contributed by atoms with E-state index in [9.17, 15) is 9.18 Å². The second kappa shape index (κ2) is 5.66. The summed E-state index contributed by atoms with van der Waals surface area (Å²) in [6, 6.07) is 1.85. The number of nitrogens with zero attached hydrogens (tertiary/aromatic N) is 2. The summed E-state index contributed by atoms with van der Waals surface area (Å²) in [5.41, 5.74) is 0.112. The van der Waals surface area contributed by atoms with Gasteiger partial charge in [0, 0.05) is 18.6 Å². The van der Waals surface area contributed by atoms with E-state index in [-0.39, 0.29) is 22.7 Å². The largest absolute Gasteiger partial charge is 0.349 e. The fourth-order valence-corrected chi connectivity index (χ4v) is 3.39. The number of hydrogen-bond acceptors (Lipinski definition) is 3. The van der Waals surface area contributed by atoms with E-state index in [0.29, 0.717) is 6.04 Å². The van der Waals surface area contributed by atoms with Crippen LogP contribution >= 0.6 is 11.6 Å². The monoisotopic (exact) mass is 297 g/mol. The van der Waals surface area contributed by atoms with Gasteiger partial charge in [0.15, 0.2) is 0 Å². The van der Waals surface area contributed by atoms with Crippen LogP contribution in [0.15, 0.2) is 12.3 Å². The first-order valence-corrected chi connectivity index (χ1v) is 7.37. The lowest BCUT2D eigenvalue weighted by atomic mass is 9.97. The Balaban J connectivity index is 1.65. The fourth-order valence-electron chi connectivity index (χ4n) is 3.20. The van der Waals surface area contributed by atoms with E-state index in [0.717, 1.165) is 31.6 Å². The molecule has 108 valence electrons. The van der Waals surface area contributed by atoms with E-state index in [1.165, 1.54) is 19.4 Å². The number of rotatable bonds is 2. The predicted octanol–water partition coefficient (Wildman–Crippen LogP) is 2.23. The third-order valence-electron chi connectivity index (χ3n) is 4.21. The van der Waals surface area contributed by atoms with Crippen molar-refractivity contribution in [3.63, 3.8) is 0 Å². The highest BCUT2D eigenvalue weighted by molar-refractivity contribution is 6.32. The van der Waals surface area contributed by atoms with Gasteiger partial charge in [-0.1, -0.05) is 11.6 Å². The molecule has 0 bridgehead atoms. The van der Waals surface area contributed by atoms with E-state index in [1.54, 1.807) is 0 Å². The van der Waals surface area contributed by atoms with Gasteiger partial charge in [-0.15, -0.1) is 0 Å². The van der Waals surface area contributed by atoms with E-state index < -0.39 is 5.82 Å². The Morgan fingerprint density at radius 1 is 1.45 bits per heavy atom. The molecule has 0 aromatic carbocycles. The zero-order chi connectivity index (χ0) is 14.1. The molecule has 2 fully saturated rings. The van der Waals surface area contributed by atoms with Crippen molar-refractivity contribution in [1.29, 1.82) is 0 Å². The number of nitrogens with one attached hydrogen (secondary N) is 1. The molecule has 0 saturated carbocycles. The number of carbonyl (C=O) groups is 1. The molecule has 0 aliphatic carbocycles. The number of piperidine rings is 1. The van der Waals surface area contributed by atoms with Gasteiger partial charge in [0.2, 0.25) is 0 Å². The SMILES string of the molecule is O=C(NC1CCN2CCCC2C1)c1cc(F)cnc1Cl. The quantitative estimate of drug-likeness (QED) is 0.852. The Bertz CT molecular complexity index is 525. The van der Waals surface area contributed by atoms with Crippen molar-refractivity contribution in [1.82, 2.24) is 15.2 Å². The van der Waals surface area contributed by atoms with Crippen LogP contribution in [0, 0.1) is 5.82 Å². The molecule has 0 spiro atoms. The highest BCUT2D eigenvalue weighted by Crippen LogP contribution is 2.27. The standard InChI is InChI=1S/C14H17ClFN3O/c15-13-12(6-9(16)8-17-13)14(20)18-10-3-5-19-4-1-2-11(19)7-10/h6,8,10-11H,1-5,7H2,(H,18,20). The summed E-state index contributed by atoms with van der Waals surface area (Å²) < 4.78 is 13.2. The molecule has 2 aliphatic heterocycles. The number of amides is 1. The van der Waals surface area contributed by atoms with Crippen molar-refractivity contribution in [2.75, 3.05) is 13.1 Å². The normalized spacial score (nSPS) is 26.3. The Kier molecular flexibility index (Phi) is 3.89. The number of carbonyl (C=O) groups excluding carboxylic acids is 1. The maximum atomic E-state index is 13.2. The molecular formula is C14H17ClFN3O. The molecule has 2 atom stereocenters. The number of aromatic nitrogens is 1. The number of halogens is 2. The molecule has 3 heterocycles. The van der Waals surface area contributed by atoms with Crippen LogP contribution in [-0.4, -0.2) is 41.0 Å². The molecule has 1 aromatic rings. The Morgan fingerprint density at radius 2 is 2.30 bits per heavy atom. The molecule has 0 radical (unpaired) electrons. The zero-order valence-electron chi connectivity index (χ0n) is 11.1. The van der Waals surface area contributed by atoms with Crippen LogP contribution in [0.1, 0.15) is 36.0 Å². The third kappa shape index (κ3) is 2.79. The molecule has 20 heavy (non-hydrogen) atoms. The predicted molar refractivity (Wildman–Crippen MR) is 74.3 cm³/mol. The second-order valence-corrected chi connectivity index (χ2v) is 5.88. The van der Waals surface area contributed by atoms with Gasteiger partial charge < -0.3 is 10.2 Å². The van der Waals surface area contributed by atoms with Gasteiger partial charge in [-0.3, -0.25) is 4.79 Å². The van der Waals surface area contributed by atoms with Crippen molar-refractivity contribution >= 4 is 17.5 Å². The van der Waals surface area contributed by atoms with Gasteiger partial charge >= 0.3 is 0 Å². The first-order valence-electron chi connectivity index (χ1n) is 6.99. The summed E-state index contributed by atoms with van der Waals surface area (Å²) in [5.74, 6) is -0.886. The minimum atomic E-state index is -0.551. The molecule has 2 saturated heterocycles. The average molecular weight is 298 g/mol. The highest BCUT2D eigenvalue weighted by atomic mass is 35.5. The van der Waals surface area contributed by atoms with Crippen LogP contribution in [0.5, 0.6) is 0 Å². The number of fused-ring (bicyclic) bond motifs is 1. The number of pyridine rings is 1. The molecule has 1 aromatic heterocycles. The first-order chi connectivity index (χ1) is 9.63. The summed E-state index contributed by atoms with van der Waals surface area (Å²) in [5, 5.41) is 3.00. The van der Waals surface area contributed by atoms with Crippen LogP contribution < -0.4 is 5.32 Å². The maximum Gasteiger partial charge on any atom is 0.254 e. The van der Waals surface area contributed by atoms with Crippen molar-refractivity contribution < 1.29 is 9.18 Å². The van der Waals surface area contributed by atoms with Crippen LogP contribution in [0.3, 0.4) is 0 Å². The Hall–Kier alpha value is -1.20. The zero-order valence-corrected chi connectivity index (χ0v) is 11.9. The Labute approximate surface area is 122 Å². The minimum absolute atomic E-state index is 0.0437. The van der Waals surface area contributed by atoms with Gasteiger partial charge in [0.25, 0.3) is 5.91 Å². The molecule has 2 unspecified atom stereocenters. The lowest BCUT2D eigenvalue weighted by molar-refractivity contribution is 0.0895. The summed E-state index contributed by atoms with van der Waals surface area (Å²) in [6.45, 7) is 2.19. The van der Waals surface area contributed by atoms with E-state index in [1.807, 2.05) is 0 Å². The molecule has 1 amide bonds. The van der Waals surface area contributed by atoms with Crippen molar-refractivity contribution in [3.05, 3.63) is 28.8 Å². The van der Waals surface area contributed by atoms with Gasteiger partial charge in [-0.25, -0.2) is 9.37 Å². The summed E-state index contributed by atoms with van der Waals surface area (Å²) in [6.07, 6.45) is 5.35. The van der Waals surface area contributed by atoms with Crippen LogP contribution in [0.2, 0.25) is 5.15 Å². The lowest BCUT2D eigenvalue weighted by Crippen LogP contribution is -2.47. The lowest BCUT2D eigenvalue weighted by Gasteiger charge is -2.35. The van der Waals surface area contributed by atoms with Crippen LogP contribution in [-0.2, 0) is 0 Å². The summed E-state index contributed by atoms with van der Waals surface area (Å²) >= 11 is 5.85. The van der Waals surface area contributed by atoms with Crippen LogP contribution in [0.25, 0.3) is 0 Å². The number of hydrogen-bond donors (Lipinski definition) is 1. The smallest absolute Gasteiger partial charge is 0.254 e. The van der Waals surface area contributed by atoms with Gasteiger partial charge in [0.1, 0.15) is 11.0 Å². The van der Waals surface area contributed by atoms with Gasteiger partial charge in [-0.05, 0) is 38.3 Å².